The highest BCUT2D eigenvalue weighted by molar-refractivity contribution is 5.76. The first-order valence-corrected chi connectivity index (χ1v) is 2.70. The Morgan fingerprint density at radius 2 is 2.22 bits per heavy atom. The molecule has 0 aliphatic heterocycles. The zero-order valence-electron chi connectivity index (χ0n) is 4.70. The second-order valence-electron chi connectivity index (χ2n) is 1.84. The molecule has 0 aliphatic carbocycles. The van der Waals surface area contributed by atoms with Gasteiger partial charge in [0.2, 0.25) is 0 Å². The highest BCUT2D eigenvalue weighted by Gasteiger charge is 1.88. The van der Waals surface area contributed by atoms with Crippen molar-refractivity contribution in [1.29, 1.82) is 0 Å². The second-order valence-corrected chi connectivity index (χ2v) is 1.84. The Bertz CT molecular complexity index is 287. The van der Waals surface area contributed by atoms with E-state index in [-0.39, 0.29) is 1.43 Å². The molecule has 0 aliphatic rings. The summed E-state index contributed by atoms with van der Waals surface area (Å²) >= 11 is 0. The Morgan fingerprint density at radius 1 is 1.33 bits per heavy atom. The Kier molecular flexibility index (Phi) is 0.773. The van der Waals surface area contributed by atoms with Crippen molar-refractivity contribution in [3.05, 3.63) is 24.7 Å². The number of nitrogens with zero attached hydrogens (tertiary/aromatic N) is 2. The molecule has 2 rings (SSSR count). The van der Waals surface area contributed by atoms with Gasteiger partial charge in [0.15, 0.2) is 0 Å². The maximum absolute atomic E-state index is 3.72. The Balaban J connectivity index is 0.000000500. The van der Waals surface area contributed by atoms with Crippen molar-refractivity contribution in [2.45, 2.75) is 0 Å². The first kappa shape index (κ1) is 4.49. The minimum absolute atomic E-state index is 0. The molecule has 3 heteroatoms. The van der Waals surface area contributed by atoms with Crippen LogP contribution in [0.1, 0.15) is 1.43 Å². The molecular weight excluding hydrogens is 114 g/mol. The van der Waals surface area contributed by atoms with Crippen molar-refractivity contribution in [1.82, 2.24) is 15.2 Å². The molecule has 0 atom stereocenters. The zero-order valence-corrected chi connectivity index (χ0v) is 4.70. The van der Waals surface area contributed by atoms with E-state index in [1.54, 1.807) is 12.4 Å². The maximum atomic E-state index is 3.72. The third-order valence-corrected chi connectivity index (χ3v) is 1.26. The number of rotatable bonds is 0. The third-order valence-electron chi connectivity index (χ3n) is 1.26. The van der Waals surface area contributed by atoms with E-state index in [4.69, 9.17) is 0 Å². The predicted molar refractivity (Wildman–Crippen MR) is 36.0 cm³/mol. The third kappa shape index (κ3) is 0.579. The zero-order chi connectivity index (χ0) is 6.10. The molecule has 2 aromatic heterocycles. The lowest BCUT2D eigenvalue weighted by Crippen LogP contribution is -1.75. The summed E-state index contributed by atoms with van der Waals surface area (Å²) in [5.74, 6) is 0. The summed E-state index contributed by atoms with van der Waals surface area (Å²) < 4.78 is 0. The molecule has 0 saturated heterocycles. The summed E-state index contributed by atoms with van der Waals surface area (Å²) in [5, 5.41) is 8.52. The lowest BCUT2D eigenvalue weighted by Gasteiger charge is -1.81. The van der Waals surface area contributed by atoms with Crippen LogP contribution in [0.25, 0.3) is 10.9 Å². The number of aromatic nitrogens is 3. The van der Waals surface area contributed by atoms with Crippen molar-refractivity contribution in [2.75, 3.05) is 0 Å². The van der Waals surface area contributed by atoms with Gasteiger partial charge in [-0.1, -0.05) is 0 Å². The fourth-order valence-electron chi connectivity index (χ4n) is 0.805. The summed E-state index contributed by atoms with van der Waals surface area (Å²) in [7, 11) is 0. The highest BCUT2D eigenvalue weighted by Crippen LogP contribution is 2.05. The molecule has 0 radical (unpaired) electrons. The Labute approximate surface area is 53.2 Å². The second kappa shape index (κ2) is 1.55. The van der Waals surface area contributed by atoms with Crippen molar-refractivity contribution in [3.8, 4) is 0 Å². The fraction of sp³-hybridized carbons (Fsp3) is 0. The minimum Gasteiger partial charge on any atom is -0.360 e. The maximum Gasteiger partial charge on any atom is 0.0737 e. The molecule has 9 heavy (non-hydrogen) atoms. The number of hydrogen-bond acceptors (Lipinski definition) is 2. The van der Waals surface area contributed by atoms with Crippen LogP contribution in [0, 0.1) is 0 Å². The molecule has 1 N–H and O–H groups in total. The standard InChI is InChI=1S/C6H5N3.H2/c1-2-7-6-4-9-8-3-5(1)6;/h1-4,7H;1H. The number of nitrogens with one attached hydrogen (secondary N) is 1. The van der Waals surface area contributed by atoms with Crippen molar-refractivity contribution in [3.63, 3.8) is 0 Å². The van der Waals surface area contributed by atoms with E-state index >= 15 is 0 Å². The van der Waals surface area contributed by atoms with Gasteiger partial charge in [0.1, 0.15) is 0 Å². The number of aromatic amines is 1. The van der Waals surface area contributed by atoms with Gasteiger partial charge in [-0.3, -0.25) is 0 Å². The SMILES string of the molecule is [HH].c1cc2cnncc2[nH]1. The first-order chi connectivity index (χ1) is 4.47. The van der Waals surface area contributed by atoms with Gasteiger partial charge in [0.25, 0.3) is 0 Å². The van der Waals surface area contributed by atoms with Gasteiger partial charge in [-0.2, -0.15) is 10.2 Å². The van der Waals surface area contributed by atoms with E-state index in [1.807, 2.05) is 12.3 Å². The fourth-order valence-corrected chi connectivity index (χ4v) is 0.805. The monoisotopic (exact) mass is 121 g/mol. The Morgan fingerprint density at radius 3 is 3.11 bits per heavy atom. The smallest absolute Gasteiger partial charge is 0.0737 e. The van der Waals surface area contributed by atoms with E-state index in [0.717, 1.165) is 10.9 Å². The summed E-state index contributed by atoms with van der Waals surface area (Å²) in [5.41, 5.74) is 1.03. The van der Waals surface area contributed by atoms with Gasteiger partial charge in [0.05, 0.1) is 17.9 Å². The van der Waals surface area contributed by atoms with E-state index in [1.165, 1.54) is 0 Å². The molecule has 0 aromatic carbocycles. The van der Waals surface area contributed by atoms with Crippen molar-refractivity contribution < 1.29 is 1.43 Å². The van der Waals surface area contributed by atoms with Gasteiger partial charge in [0, 0.05) is 13.0 Å². The van der Waals surface area contributed by atoms with Crippen molar-refractivity contribution >= 4 is 10.9 Å². The summed E-state index contributed by atoms with van der Waals surface area (Å²) in [6, 6.07) is 1.96. The average molecular weight is 121 g/mol. The van der Waals surface area contributed by atoms with Crippen LogP contribution in [0.2, 0.25) is 0 Å². The molecule has 0 spiro atoms. The molecule has 0 amide bonds. The molecular formula is C6H7N3. The van der Waals surface area contributed by atoms with E-state index in [2.05, 4.69) is 15.2 Å². The first-order valence-electron chi connectivity index (χ1n) is 2.70. The van der Waals surface area contributed by atoms with Gasteiger partial charge in [-0.25, -0.2) is 0 Å². The topological polar surface area (TPSA) is 41.6 Å². The van der Waals surface area contributed by atoms with Crippen LogP contribution in [0.5, 0.6) is 0 Å². The molecule has 0 saturated carbocycles. The van der Waals surface area contributed by atoms with Gasteiger partial charge < -0.3 is 4.98 Å². The lowest BCUT2D eigenvalue weighted by molar-refractivity contribution is 1.05. The summed E-state index contributed by atoms with van der Waals surface area (Å²) in [4.78, 5) is 3.02. The molecule has 2 heterocycles. The van der Waals surface area contributed by atoms with E-state index in [0.29, 0.717) is 0 Å². The van der Waals surface area contributed by atoms with Gasteiger partial charge >= 0.3 is 0 Å². The minimum atomic E-state index is 0. The lowest BCUT2D eigenvalue weighted by atomic mass is 10.4. The molecule has 0 bridgehead atoms. The molecule has 3 nitrogen and oxygen atoms in total. The quantitative estimate of drug-likeness (QED) is 0.569. The average Bonchev–Trinajstić information content (AvgIpc) is 2.33. The molecule has 0 unspecified atom stereocenters. The van der Waals surface area contributed by atoms with Crippen LogP contribution in [0.15, 0.2) is 24.7 Å². The summed E-state index contributed by atoms with van der Waals surface area (Å²) in [6.45, 7) is 0. The molecule has 2 aromatic rings. The Hall–Kier alpha value is -1.38. The van der Waals surface area contributed by atoms with Crippen molar-refractivity contribution in [2.24, 2.45) is 0 Å². The number of H-pyrrole nitrogens is 1. The summed E-state index contributed by atoms with van der Waals surface area (Å²) in [6.07, 6.45) is 5.30. The van der Waals surface area contributed by atoms with Crippen LogP contribution in [-0.2, 0) is 0 Å². The number of hydrogen-bond donors (Lipinski definition) is 1. The van der Waals surface area contributed by atoms with Crippen LogP contribution in [-0.4, -0.2) is 15.2 Å². The van der Waals surface area contributed by atoms with E-state index < -0.39 is 0 Å². The van der Waals surface area contributed by atoms with Crippen LogP contribution >= 0.6 is 0 Å². The van der Waals surface area contributed by atoms with E-state index in [9.17, 15) is 0 Å². The van der Waals surface area contributed by atoms with Crippen LogP contribution < -0.4 is 0 Å². The normalized spacial score (nSPS) is 10.2. The van der Waals surface area contributed by atoms with Gasteiger partial charge in [-0.05, 0) is 6.07 Å². The molecule has 0 fully saturated rings. The van der Waals surface area contributed by atoms with Crippen LogP contribution in [0.4, 0.5) is 0 Å². The highest BCUT2D eigenvalue weighted by atomic mass is 15.1. The number of fused-ring (bicyclic) bond motifs is 1. The largest absolute Gasteiger partial charge is 0.360 e. The van der Waals surface area contributed by atoms with Crippen LogP contribution in [0.3, 0.4) is 0 Å². The predicted octanol–water partition coefficient (Wildman–Crippen LogP) is 1.20. The van der Waals surface area contributed by atoms with Gasteiger partial charge in [-0.15, -0.1) is 0 Å². The molecule has 46 valence electrons.